The topological polar surface area (TPSA) is 59.3 Å². The Morgan fingerprint density at radius 2 is 1.92 bits per heavy atom. The zero-order chi connectivity index (χ0) is 17.3. The van der Waals surface area contributed by atoms with Gasteiger partial charge in [-0.2, -0.15) is 0 Å². The van der Waals surface area contributed by atoms with Crippen molar-refractivity contribution in [2.24, 2.45) is 0 Å². The van der Waals surface area contributed by atoms with Gasteiger partial charge < -0.3 is 9.73 Å². The van der Waals surface area contributed by atoms with Crippen molar-refractivity contribution in [1.29, 1.82) is 0 Å². The Hall–Kier alpha value is -2.95. The highest BCUT2D eigenvalue weighted by Crippen LogP contribution is 2.22. The van der Waals surface area contributed by atoms with E-state index in [1.165, 1.54) is 24.3 Å². The molecule has 0 bridgehead atoms. The third kappa shape index (κ3) is 3.06. The second-order valence-electron chi connectivity index (χ2n) is 5.71. The van der Waals surface area contributed by atoms with E-state index < -0.39 is 17.3 Å². The quantitative estimate of drug-likeness (QED) is 0.750. The predicted octanol–water partition coefficient (Wildman–Crippen LogP) is 3.48. The summed E-state index contributed by atoms with van der Waals surface area (Å²) < 4.78 is 18.9. The van der Waals surface area contributed by atoms with E-state index in [1.807, 2.05) is 26.0 Å². The van der Waals surface area contributed by atoms with Gasteiger partial charge in [0.05, 0.1) is 5.56 Å². The van der Waals surface area contributed by atoms with Crippen LogP contribution in [0.25, 0.3) is 11.0 Å². The Balaban J connectivity index is 1.95. The van der Waals surface area contributed by atoms with E-state index in [9.17, 15) is 14.0 Å². The summed E-state index contributed by atoms with van der Waals surface area (Å²) in [6.07, 6.45) is 0. The van der Waals surface area contributed by atoms with Crippen LogP contribution in [-0.2, 0) is 6.54 Å². The van der Waals surface area contributed by atoms with Crippen molar-refractivity contribution in [2.75, 3.05) is 0 Å². The van der Waals surface area contributed by atoms with Crippen molar-refractivity contribution >= 4 is 16.9 Å². The Labute approximate surface area is 137 Å². The van der Waals surface area contributed by atoms with E-state index in [1.54, 1.807) is 6.07 Å². The summed E-state index contributed by atoms with van der Waals surface area (Å²) in [6, 6.07) is 10.9. The number of hydrogen-bond donors (Lipinski definition) is 1. The number of fused-ring (bicyclic) bond motifs is 1. The van der Waals surface area contributed by atoms with Crippen LogP contribution in [0, 0.1) is 19.7 Å². The largest absolute Gasteiger partial charge is 0.422 e. The highest BCUT2D eigenvalue weighted by molar-refractivity contribution is 5.94. The number of hydrogen-bond acceptors (Lipinski definition) is 3. The van der Waals surface area contributed by atoms with Gasteiger partial charge in [-0.15, -0.1) is 0 Å². The molecule has 1 N–H and O–H groups in total. The third-order valence-corrected chi connectivity index (χ3v) is 3.82. The summed E-state index contributed by atoms with van der Waals surface area (Å²) in [5.74, 6) is -1.11. The highest BCUT2D eigenvalue weighted by Gasteiger charge is 2.13. The molecule has 0 saturated carbocycles. The van der Waals surface area contributed by atoms with Gasteiger partial charge in [-0.25, -0.2) is 9.18 Å². The van der Waals surface area contributed by atoms with Gasteiger partial charge in [-0.3, -0.25) is 4.79 Å². The molecular weight excluding hydrogens is 309 g/mol. The molecule has 3 aromatic rings. The normalized spacial score (nSPS) is 10.8. The lowest BCUT2D eigenvalue weighted by Gasteiger charge is -2.10. The molecule has 0 radical (unpaired) electrons. The van der Waals surface area contributed by atoms with Crippen molar-refractivity contribution in [1.82, 2.24) is 5.32 Å². The van der Waals surface area contributed by atoms with E-state index >= 15 is 0 Å². The molecule has 5 heteroatoms. The van der Waals surface area contributed by atoms with Crippen LogP contribution in [0.5, 0.6) is 0 Å². The average molecular weight is 325 g/mol. The Bertz CT molecular complexity index is 992. The number of aryl methyl sites for hydroxylation is 2. The molecule has 0 atom stereocenters. The third-order valence-electron chi connectivity index (χ3n) is 3.82. The lowest BCUT2D eigenvalue weighted by atomic mass is 10.0. The molecule has 2 aromatic carbocycles. The number of rotatable bonds is 3. The van der Waals surface area contributed by atoms with Crippen molar-refractivity contribution in [2.45, 2.75) is 20.4 Å². The maximum Gasteiger partial charge on any atom is 0.336 e. The number of carbonyl (C=O) groups excluding carboxylic acids is 1. The fourth-order valence-electron chi connectivity index (χ4n) is 2.74. The Morgan fingerprint density at radius 3 is 2.67 bits per heavy atom. The monoisotopic (exact) mass is 325 g/mol. The molecular formula is C19H16FNO3. The van der Waals surface area contributed by atoms with E-state index in [0.29, 0.717) is 11.1 Å². The van der Waals surface area contributed by atoms with Crippen LogP contribution < -0.4 is 10.9 Å². The zero-order valence-electron chi connectivity index (χ0n) is 13.4. The second kappa shape index (κ2) is 6.28. The van der Waals surface area contributed by atoms with Crippen LogP contribution in [-0.4, -0.2) is 5.91 Å². The van der Waals surface area contributed by atoms with Crippen molar-refractivity contribution < 1.29 is 13.6 Å². The molecule has 0 aliphatic rings. The SMILES string of the molecule is Cc1cc(C)c2oc(=O)cc(CNC(=O)c3ccccc3F)c2c1. The van der Waals surface area contributed by atoms with Gasteiger partial charge in [0.25, 0.3) is 5.91 Å². The lowest BCUT2D eigenvalue weighted by molar-refractivity contribution is 0.0947. The van der Waals surface area contributed by atoms with Crippen LogP contribution in [0.15, 0.2) is 51.7 Å². The van der Waals surface area contributed by atoms with Gasteiger partial charge >= 0.3 is 5.63 Å². The number of amides is 1. The molecule has 122 valence electrons. The molecule has 1 amide bonds. The number of halogens is 1. The first-order valence-electron chi connectivity index (χ1n) is 7.52. The fraction of sp³-hybridized carbons (Fsp3) is 0.158. The van der Waals surface area contributed by atoms with E-state index in [0.717, 1.165) is 16.5 Å². The summed E-state index contributed by atoms with van der Waals surface area (Å²) in [4.78, 5) is 23.9. The minimum absolute atomic E-state index is 0.0304. The molecule has 1 heterocycles. The molecule has 0 spiro atoms. The maximum absolute atomic E-state index is 13.7. The minimum Gasteiger partial charge on any atom is -0.422 e. The van der Waals surface area contributed by atoms with Gasteiger partial charge in [0.2, 0.25) is 0 Å². The van der Waals surface area contributed by atoms with E-state index in [-0.39, 0.29) is 12.1 Å². The van der Waals surface area contributed by atoms with Crippen LogP contribution in [0.4, 0.5) is 4.39 Å². The van der Waals surface area contributed by atoms with Crippen LogP contribution in [0.1, 0.15) is 27.0 Å². The summed E-state index contributed by atoms with van der Waals surface area (Å²) >= 11 is 0. The summed E-state index contributed by atoms with van der Waals surface area (Å²) in [7, 11) is 0. The molecule has 0 aliphatic heterocycles. The molecule has 0 saturated heterocycles. The summed E-state index contributed by atoms with van der Waals surface area (Å²) in [5, 5.41) is 3.42. The summed E-state index contributed by atoms with van der Waals surface area (Å²) in [5.41, 5.74) is 2.50. The van der Waals surface area contributed by atoms with E-state index in [2.05, 4.69) is 5.32 Å². The first-order chi connectivity index (χ1) is 11.5. The summed E-state index contributed by atoms with van der Waals surface area (Å²) in [6.45, 7) is 3.91. The number of benzene rings is 2. The second-order valence-corrected chi connectivity index (χ2v) is 5.71. The number of nitrogens with one attached hydrogen (secondary N) is 1. The molecule has 4 nitrogen and oxygen atoms in total. The number of carbonyl (C=O) groups is 1. The van der Waals surface area contributed by atoms with Crippen LogP contribution >= 0.6 is 0 Å². The van der Waals surface area contributed by atoms with Gasteiger partial charge in [-0.1, -0.05) is 18.2 Å². The molecule has 0 aliphatic carbocycles. The standard InChI is InChI=1S/C19H16FNO3/c1-11-7-12(2)18-15(8-11)13(9-17(22)24-18)10-21-19(23)14-5-3-4-6-16(14)20/h3-9H,10H2,1-2H3,(H,21,23). The highest BCUT2D eigenvalue weighted by atomic mass is 19.1. The van der Waals surface area contributed by atoms with E-state index in [4.69, 9.17) is 4.42 Å². The predicted molar refractivity (Wildman–Crippen MR) is 89.5 cm³/mol. The first kappa shape index (κ1) is 15.9. The molecule has 0 fully saturated rings. The van der Waals surface area contributed by atoms with Crippen molar-refractivity contribution in [3.8, 4) is 0 Å². The van der Waals surface area contributed by atoms with Crippen LogP contribution in [0.3, 0.4) is 0 Å². The minimum atomic E-state index is -0.584. The fourth-order valence-corrected chi connectivity index (χ4v) is 2.74. The molecule has 0 unspecified atom stereocenters. The molecule has 1 aromatic heterocycles. The average Bonchev–Trinajstić information content (AvgIpc) is 2.53. The maximum atomic E-state index is 13.7. The Kier molecular flexibility index (Phi) is 4.16. The van der Waals surface area contributed by atoms with Crippen molar-refractivity contribution in [3.63, 3.8) is 0 Å². The van der Waals surface area contributed by atoms with Crippen molar-refractivity contribution in [3.05, 3.63) is 81.0 Å². The van der Waals surface area contributed by atoms with Gasteiger partial charge in [0, 0.05) is 18.0 Å². The Morgan fingerprint density at radius 1 is 1.17 bits per heavy atom. The van der Waals surface area contributed by atoms with Gasteiger partial charge in [-0.05, 0) is 48.7 Å². The lowest BCUT2D eigenvalue weighted by Crippen LogP contribution is -2.24. The first-order valence-corrected chi connectivity index (χ1v) is 7.52. The van der Waals surface area contributed by atoms with Crippen LogP contribution in [0.2, 0.25) is 0 Å². The smallest absolute Gasteiger partial charge is 0.336 e. The molecule has 24 heavy (non-hydrogen) atoms. The van der Waals surface area contributed by atoms with Gasteiger partial charge in [0.1, 0.15) is 11.4 Å². The van der Waals surface area contributed by atoms with Gasteiger partial charge in [0.15, 0.2) is 0 Å². The zero-order valence-corrected chi connectivity index (χ0v) is 13.4. The molecule has 3 rings (SSSR count).